The molecule has 6 heteroatoms. The molecule has 2 atom stereocenters. The molecule has 2 unspecified atom stereocenters. The van der Waals surface area contributed by atoms with Gasteiger partial charge in [-0.3, -0.25) is 0 Å². The molecule has 0 aliphatic carbocycles. The lowest BCUT2D eigenvalue weighted by Crippen LogP contribution is -2.55. The summed E-state index contributed by atoms with van der Waals surface area (Å²) < 4.78 is 28.9. The van der Waals surface area contributed by atoms with Gasteiger partial charge in [-0.1, -0.05) is 6.42 Å². The molecule has 0 radical (unpaired) electrons. The second-order valence-corrected chi connectivity index (χ2v) is 7.75. The van der Waals surface area contributed by atoms with Crippen molar-refractivity contribution in [1.29, 1.82) is 0 Å². The molecular formula is C12H23N3O2S. The van der Waals surface area contributed by atoms with Crippen molar-refractivity contribution in [2.75, 3.05) is 13.1 Å². The standard InChI is InChI=1S/C12H23N3O2S/c13-10-8-11-4-5-12(9-10)15(11)18(16,17)14-6-2-1-3-7-14/h10-12H,1-9,13H2. The molecule has 2 bridgehead atoms. The van der Waals surface area contributed by atoms with E-state index in [0.29, 0.717) is 13.1 Å². The topological polar surface area (TPSA) is 66.6 Å². The van der Waals surface area contributed by atoms with Crippen LogP contribution < -0.4 is 5.73 Å². The van der Waals surface area contributed by atoms with Gasteiger partial charge < -0.3 is 5.73 Å². The van der Waals surface area contributed by atoms with Crippen molar-refractivity contribution in [3.63, 3.8) is 0 Å². The molecule has 3 aliphatic rings. The number of piperidine rings is 2. The third-order valence-electron chi connectivity index (χ3n) is 4.61. The molecule has 5 nitrogen and oxygen atoms in total. The molecule has 0 saturated carbocycles. The zero-order valence-electron chi connectivity index (χ0n) is 10.8. The van der Waals surface area contributed by atoms with Gasteiger partial charge in [0.1, 0.15) is 0 Å². The molecule has 0 aromatic rings. The third-order valence-corrected chi connectivity index (χ3v) is 6.76. The van der Waals surface area contributed by atoms with Crippen molar-refractivity contribution in [2.24, 2.45) is 5.73 Å². The normalized spacial score (nSPS) is 39.1. The molecule has 0 spiro atoms. The van der Waals surface area contributed by atoms with Crippen LogP contribution >= 0.6 is 0 Å². The highest BCUT2D eigenvalue weighted by Gasteiger charge is 2.47. The first kappa shape index (κ1) is 12.8. The summed E-state index contributed by atoms with van der Waals surface area (Å²) in [6, 6.07) is 0.506. The van der Waals surface area contributed by atoms with Gasteiger partial charge in [0.15, 0.2) is 0 Å². The largest absolute Gasteiger partial charge is 0.328 e. The number of nitrogens with zero attached hydrogens (tertiary/aromatic N) is 2. The van der Waals surface area contributed by atoms with Crippen molar-refractivity contribution in [3.05, 3.63) is 0 Å². The van der Waals surface area contributed by atoms with Crippen molar-refractivity contribution >= 4 is 10.2 Å². The first-order chi connectivity index (χ1) is 8.59. The Bertz CT molecular complexity index is 392. The van der Waals surface area contributed by atoms with Crippen LogP contribution in [0.25, 0.3) is 0 Å². The molecule has 2 N–H and O–H groups in total. The molecule has 0 amide bonds. The average Bonchev–Trinajstić information content (AvgIpc) is 2.64. The minimum atomic E-state index is -3.23. The Morgan fingerprint density at radius 3 is 2.06 bits per heavy atom. The Kier molecular flexibility index (Phi) is 3.38. The van der Waals surface area contributed by atoms with Gasteiger partial charge in [0.05, 0.1) is 0 Å². The second kappa shape index (κ2) is 4.74. The number of rotatable bonds is 2. The van der Waals surface area contributed by atoms with Gasteiger partial charge in [-0.05, 0) is 38.5 Å². The smallest absolute Gasteiger partial charge is 0.282 e. The lowest BCUT2D eigenvalue weighted by atomic mass is 10.0. The van der Waals surface area contributed by atoms with Gasteiger partial charge in [-0.2, -0.15) is 17.0 Å². The van der Waals surface area contributed by atoms with Crippen molar-refractivity contribution in [3.8, 4) is 0 Å². The number of hydrogen-bond acceptors (Lipinski definition) is 3. The van der Waals surface area contributed by atoms with E-state index in [4.69, 9.17) is 5.73 Å². The van der Waals surface area contributed by atoms with Crippen LogP contribution in [0.15, 0.2) is 0 Å². The minimum absolute atomic E-state index is 0.158. The SMILES string of the molecule is NC1CC2CCC(C1)N2S(=O)(=O)N1CCCCC1. The zero-order chi connectivity index (χ0) is 12.8. The molecule has 0 aromatic carbocycles. The quantitative estimate of drug-likeness (QED) is 0.804. The summed E-state index contributed by atoms with van der Waals surface area (Å²) in [4.78, 5) is 0. The highest BCUT2D eigenvalue weighted by molar-refractivity contribution is 7.86. The Labute approximate surface area is 109 Å². The van der Waals surface area contributed by atoms with Crippen LogP contribution in [0.1, 0.15) is 44.9 Å². The molecule has 3 heterocycles. The maximum Gasteiger partial charge on any atom is 0.282 e. The highest BCUT2D eigenvalue weighted by atomic mass is 32.2. The number of hydrogen-bond donors (Lipinski definition) is 1. The van der Waals surface area contributed by atoms with E-state index < -0.39 is 10.2 Å². The Morgan fingerprint density at radius 2 is 1.50 bits per heavy atom. The Hall–Kier alpha value is -0.170. The summed E-state index contributed by atoms with van der Waals surface area (Å²) in [6.45, 7) is 1.40. The van der Waals surface area contributed by atoms with E-state index in [9.17, 15) is 8.42 Å². The number of fused-ring (bicyclic) bond motifs is 2. The van der Waals surface area contributed by atoms with Crippen LogP contribution in [-0.4, -0.2) is 48.2 Å². The summed E-state index contributed by atoms with van der Waals surface area (Å²) in [6.07, 6.45) is 6.82. The van der Waals surface area contributed by atoms with E-state index in [0.717, 1.165) is 44.9 Å². The highest BCUT2D eigenvalue weighted by Crippen LogP contribution is 2.38. The fourth-order valence-corrected chi connectivity index (χ4v) is 5.90. The van der Waals surface area contributed by atoms with Crippen molar-refractivity contribution < 1.29 is 8.42 Å². The van der Waals surface area contributed by atoms with E-state index in [1.807, 2.05) is 0 Å². The van der Waals surface area contributed by atoms with Gasteiger partial charge in [-0.15, -0.1) is 0 Å². The molecule has 3 fully saturated rings. The summed E-state index contributed by atoms with van der Waals surface area (Å²) in [5.41, 5.74) is 6.00. The first-order valence-electron chi connectivity index (χ1n) is 7.13. The molecule has 104 valence electrons. The zero-order valence-corrected chi connectivity index (χ0v) is 11.6. The lowest BCUT2D eigenvalue weighted by molar-refractivity contribution is 0.204. The van der Waals surface area contributed by atoms with Gasteiger partial charge in [0.2, 0.25) is 0 Å². The van der Waals surface area contributed by atoms with E-state index >= 15 is 0 Å². The first-order valence-corrected chi connectivity index (χ1v) is 8.53. The summed E-state index contributed by atoms with van der Waals surface area (Å²) in [5.74, 6) is 0. The maximum atomic E-state index is 12.7. The van der Waals surface area contributed by atoms with Crippen LogP contribution in [0.4, 0.5) is 0 Å². The molecule has 3 saturated heterocycles. The van der Waals surface area contributed by atoms with Crippen LogP contribution in [0.2, 0.25) is 0 Å². The molecule has 3 rings (SSSR count). The van der Waals surface area contributed by atoms with Crippen molar-refractivity contribution in [1.82, 2.24) is 8.61 Å². The predicted molar refractivity (Wildman–Crippen MR) is 70.2 cm³/mol. The minimum Gasteiger partial charge on any atom is -0.328 e. The fraction of sp³-hybridized carbons (Fsp3) is 1.00. The average molecular weight is 273 g/mol. The van der Waals surface area contributed by atoms with Gasteiger partial charge in [-0.25, -0.2) is 0 Å². The summed E-state index contributed by atoms with van der Waals surface area (Å²) in [5, 5.41) is 0. The lowest BCUT2D eigenvalue weighted by Gasteiger charge is -2.40. The van der Waals surface area contributed by atoms with Crippen molar-refractivity contribution in [2.45, 2.75) is 63.1 Å². The molecule has 0 aromatic heterocycles. The summed E-state index contributed by atoms with van der Waals surface area (Å²) >= 11 is 0. The predicted octanol–water partition coefficient (Wildman–Crippen LogP) is 0.671. The van der Waals surface area contributed by atoms with Gasteiger partial charge >= 0.3 is 0 Å². The van der Waals surface area contributed by atoms with E-state index in [2.05, 4.69) is 0 Å². The van der Waals surface area contributed by atoms with Crippen LogP contribution in [-0.2, 0) is 10.2 Å². The third kappa shape index (κ3) is 2.09. The maximum absolute atomic E-state index is 12.7. The van der Waals surface area contributed by atoms with Gasteiger partial charge in [0.25, 0.3) is 10.2 Å². The fourth-order valence-electron chi connectivity index (χ4n) is 3.78. The van der Waals surface area contributed by atoms with E-state index in [1.54, 1.807) is 8.61 Å². The van der Waals surface area contributed by atoms with Crippen LogP contribution in [0.5, 0.6) is 0 Å². The molecular weight excluding hydrogens is 250 g/mol. The molecule has 3 aliphatic heterocycles. The monoisotopic (exact) mass is 273 g/mol. The van der Waals surface area contributed by atoms with E-state index in [-0.39, 0.29) is 18.1 Å². The number of nitrogens with two attached hydrogens (primary N) is 1. The Morgan fingerprint density at radius 1 is 0.944 bits per heavy atom. The van der Waals surface area contributed by atoms with Crippen LogP contribution in [0, 0.1) is 0 Å². The Balaban J connectivity index is 1.81. The van der Waals surface area contributed by atoms with E-state index in [1.165, 1.54) is 0 Å². The molecule has 18 heavy (non-hydrogen) atoms. The summed E-state index contributed by atoms with van der Waals surface area (Å²) in [7, 11) is -3.23. The second-order valence-electron chi connectivity index (χ2n) is 5.91. The van der Waals surface area contributed by atoms with Crippen LogP contribution in [0.3, 0.4) is 0 Å². The van der Waals surface area contributed by atoms with Gasteiger partial charge in [0, 0.05) is 31.2 Å².